The van der Waals surface area contributed by atoms with Gasteiger partial charge in [0.1, 0.15) is 0 Å². The van der Waals surface area contributed by atoms with Crippen LogP contribution in [-0.2, 0) is 20.9 Å². The molecule has 1 heterocycles. The standard InChI is InChI=1S/C12H12Cl2O4/c13-8-2-1-7(10(14)3-8)5-17-6-9-4-11(15)12(16)18-9/h1-3,9,12,16H,4-6H2. The number of ketones is 1. The first-order valence-electron chi connectivity index (χ1n) is 5.44. The van der Waals surface area contributed by atoms with E-state index in [1.807, 2.05) is 0 Å². The minimum absolute atomic E-state index is 0.176. The van der Waals surface area contributed by atoms with E-state index in [9.17, 15) is 4.79 Å². The molecule has 2 atom stereocenters. The minimum Gasteiger partial charge on any atom is -0.374 e. The lowest BCUT2D eigenvalue weighted by Gasteiger charge is -2.11. The van der Waals surface area contributed by atoms with Gasteiger partial charge in [-0.25, -0.2) is 0 Å². The molecule has 0 radical (unpaired) electrons. The first-order valence-corrected chi connectivity index (χ1v) is 6.20. The molecular formula is C12H12Cl2O4. The third-order valence-corrected chi connectivity index (χ3v) is 3.19. The van der Waals surface area contributed by atoms with Gasteiger partial charge in [-0.05, 0) is 17.7 Å². The van der Waals surface area contributed by atoms with E-state index < -0.39 is 12.4 Å². The van der Waals surface area contributed by atoms with Crippen molar-refractivity contribution < 1.29 is 19.4 Å². The van der Waals surface area contributed by atoms with E-state index in [0.29, 0.717) is 16.7 Å². The van der Waals surface area contributed by atoms with Crippen molar-refractivity contribution in [2.45, 2.75) is 25.4 Å². The number of hydrogen-bond donors (Lipinski definition) is 1. The van der Waals surface area contributed by atoms with Gasteiger partial charge < -0.3 is 14.6 Å². The number of aliphatic hydroxyl groups excluding tert-OH is 1. The average molecular weight is 291 g/mol. The quantitative estimate of drug-likeness (QED) is 0.924. The van der Waals surface area contributed by atoms with Crippen LogP contribution in [0.5, 0.6) is 0 Å². The molecule has 1 saturated heterocycles. The van der Waals surface area contributed by atoms with E-state index in [1.165, 1.54) is 0 Å². The summed E-state index contributed by atoms with van der Waals surface area (Å²) in [6, 6.07) is 5.15. The van der Waals surface area contributed by atoms with Crippen LogP contribution in [0.2, 0.25) is 10.0 Å². The van der Waals surface area contributed by atoms with E-state index in [-0.39, 0.29) is 18.8 Å². The van der Waals surface area contributed by atoms with Crippen molar-refractivity contribution >= 4 is 29.0 Å². The predicted molar refractivity (Wildman–Crippen MR) is 66.6 cm³/mol. The third kappa shape index (κ3) is 3.43. The smallest absolute Gasteiger partial charge is 0.215 e. The summed E-state index contributed by atoms with van der Waals surface area (Å²) in [6.07, 6.45) is -1.52. The molecule has 98 valence electrons. The van der Waals surface area contributed by atoms with E-state index in [2.05, 4.69) is 0 Å². The zero-order chi connectivity index (χ0) is 13.1. The molecule has 0 saturated carbocycles. The summed E-state index contributed by atoms with van der Waals surface area (Å²) in [4.78, 5) is 11.0. The number of Topliss-reactive ketones (excluding diaryl/α,β-unsaturated/α-hetero) is 1. The SMILES string of the molecule is O=C1CC(COCc2ccc(Cl)cc2Cl)OC1O. The number of aliphatic hydroxyl groups is 1. The number of ether oxygens (including phenoxy) is 2. The van der Waals surface area contributed by atoms with Crippen molar-refractivity contribution in [2.24, 2.45) is 0 Å². The third-order valence-electron chi connectivity index (χ3n) is 2.60. The van der Waals surface area contributed by atoms with Gasteiger partial charge in [-0.15, -0.1) is 0 Å². The number of benzene rings is 1. The molecule has 1 N–H and O–H groups in total. The lowest BCUT2D eigenvalue weighted by molar-refractivity contribution is -0.146. The highest BCUT2D eigenvalue weighted by atomic mass is 35.5. The van der Waals surface area contributed by atoms with E-state index in [1.54, 1.807) is 18.2 Å². The molecule has 1 fully saturated rings. The molecule has 18 heavy (non-hydrogen) atoms. The summed E-state index contributed by atoms with van der Waals surface area (Å²) in [5.41, 5.74) is 0.811. The van der Waals surface area contributed by atoms with Crippen molar-refractivity contribution in [1.29, 1.82) is 0 Å². The summed E-state index contributed by atoms with van der Waals surface area (Å²) in [6.45, 7) is 0.544. The maximum Gasteiger partial charge on any atom is 0.215 e. The number of carbonyl (C=O) groups excluding carboxylic acids is 1. The molecule has 4 nitrogen and oxygen atoms in total. The Kier molecular flexibility index (Phi) is 4.59. The van der Waals surface area contributed by atoms with Crippen molar-refractivity contribution in [3.63, 3.8) is 0 Å². The molecule has 1 aromatic rings. The van der Waals surface area contributed by atoms with Gasteiger partial charge in [-0.2, -0.15) is 0 Å². The summed E-state index contributed by atoms with van der Waals surface area (Å²) in [7, 11) is 0. The van der Waals surface area contributed by atoms with Crippen LogP contribution in [0, 0.1) is 0 Å². The fourth-order valence-electron chi connectivity index (χ4n) is 1.67. The molecular weight excluding hydrogens is 279 g/mol. The zero-order valence-electron chi connectivity index (χ0n) is 9.44. The Hall–Kier alpha value is -0.650. The lowest BCUT2D eigenvalue weighted by atomic mass is 10.2. The number of carbonyl (C=O) groups is 1. The van der Waals surface area contributed by atoms with Crippen LogP contribution >= 0.6 is 23.2 Å². The van der Waals surface area contributed by atoms with Gasteiger partial charge in [0, 0.05) is 16.5 Å². The van der Waals surface area contributed by atoms with Crippen molar-refractivity contribution in [3.8, 4) is 0 Å². The van der Waals surface area contributed by atoms with Gasteiger partial charge in [0.2, 0.25) is 6.29 Å². The highest BCUT2D eigenvalue weighted by molar-refractivity contribution is 6.35. The molecule has 0 aromatic heterocycles. The van der Waals surface area contributed by atoms with Crippen LogP contribution in [0.25, 0.3) is 0 Å². The van der Waals surface area contributed by atoms with Crippen molar-refractivity contribution in [1.82, 2.24) is 0 Å². The monoisotopic (exact) mass is 290 g/mol. The summed E-state index contributed by atoms with van der Waals surface area (Å²) < 4.78 is 10.4. The Morgan fingerprint density at radius 2 is 2.22 bits per heavy atom. The summed E-state index contributed by atoms with van der Waals surface area (Å²) in [5.74, 6) is -0.312. The van der Waals surface area contributed by atoms with Gasteiger partial charge in [0.15, 0.2) is 5.78 Å². The Bertz CT molecular complexity index is 450. The van der Waals surface area contributed by atoms with Crippen LogP contribution in [0.3, 0.4) is 0 Å². The minimum atomic E-state index is -1.31. The molecule has 1 aromatic carbocycles. The van der Waals surface area contributed by atoms with Crippen LogP contribution in [-0.4, -0.2) is 29.9 Å². The molecule has 2 unspecified atom stereocenters. The van der Waals surface area contributed by atoms with E-state index in [4.69, 9.17) is 37.8 Å². The van der Waals surface area contributed by atoms with Crippen LogP contribution in [0.1, 0.15) is 12.0 Å². The van der Waals surface area contributed by atoms with Crippen molar-refractivity contribution in [2.75, 3.05) is 6.61 Å². The zero-order valence-corrected chi connectivity index (χ0v) is 10.9. The largest absolute Gasteiger partial charge is 0.374 e. The van der Waals surface area contributed by atoms with E-state index >= 15 is 0 Å². The van der Waals surface area contributed by atoms with Crippen LogP contribution in [0.15, 0.2) is 18.2 Å². The highest BCUT2D eigenvalue weighted by Crippen LogP contribution is 2.22. The Morgan fingerprint density at radius 1 is 1.44 bits per heavy atom. The first kappa shape index (κ1) is 13.8. The second kappa shape index (κ2) is 5.99. The average Bonchev–Trinajstić information content (AvgIpc) is 2.61. The lowest BCUT2D eigenvalue weighted by Crippen LogP contribution is -2.17. The highest BCUT2D eigenvalue weighted by Gasteiger charge is 2.31. The van der Waals surface area contributed by atoms with Crippen LogP contribution < -0.4 is 0 Å². The van der Waals surface area contributed by atoms with Gasteiger partial charge in [-0.3, -0.25) is 4.79 Å². The van der Waals surface area contributed by atoms with Gasteiger partial charge in [0.05, 0.1) is 19.3 Å². The maximum atomic E-state index is 11.0. The molecule has 6 heteroatoms. The number of halogens is 2. The van der Waals surface area contributed by atoms with Gasteiger partial charge >= 0.3 is 0 Å². The molecule has 1 aliphatic rings. The summed E-state index contributed by atoms with van der Waals surface area (Å²) in [5, 5.41) is 10.2. The number of hydrogen-bond acceptors (Lipinski definition) is 4. The van der Waals surface area contributed by atoms with Gasteiger partial charge in [0.25, 0.3) is 0 Å². The molecule has 0 bridgehead atoms. The second-order valence-corrected chi connectivity index (χ2v) is 4.88. The summed E-state index contributed by atoms with van der Waals surface area (Å²) >= 11 is 11.8. The Labute approximate surface area is 114 Å². The molecule has 0 spiro atoms. The number of rotatable bonds is 4. The predicted octanol–water partition coefficient (Wildman–Crippen LogP) is 2.19. The van der Waals surface area contributed by atoms with Crippen LogP contribution in [0.4, 0.5) is 0 Å². The van der Waals surface area contributed by atoms with Crippen molar-refractivity contribution in [3.05, 3.63) is 33.8 Å². The van der Waals surface area contributed by atoms with E-state index in [0.717, 1.165) is 5.56 Å². The first-order chi connectivity index (χ1) is 8.56. The molecule has 2 rings (SSSR count). The molecule has 0 amide bonds. The second-order valence-electron chi connectivity index (χ2n) is 4.03. The molecule has 1 aliphatic heterocycles. The fraction of sp³-hybridized carbons (Fsp3) is 0.417. The maximum absolute atomic E-state index is 11.0. The fourth-order valence-corrected chi connectivity index (χ4v) is 2.13. The Balaban J connectivity index is 1.80. The molecule has 0 aliphatic carbocycles. The van der Waals surface area contributed by atoms with Gasteiger partial charge in [-0.1, -0.05) is 29.3 Å². The normalized spacial score (nSPS) is 23.6. The Morgan fingerprint density at radius 3 is 2.83 bits per heavy atom. The topological polar surface area (TPSA) is 55.8 Å².